The fraction of sp³-hybridized carbons (Fsp3) is 0.364. The molecule has 1 aliphatic rings. The topological polar surface area (TPSA) is 67.6 Å². The number of hydrogen-bond acceptors (Lipinski definition) is 2. The van der Waals surface area contributed by atoms with E-state index in [1.165, 1.54) is 18.2 Å². The summed E-state index contributed by atoms with van der Waals surface area (Å²) in [6, 6.07) is 4.11. The number of aliphatic imine (C=N–C) groups is 1. The van der Waals surface area contributed by atoms with E-state index in [4.69, 9.17) is 11.5 Å². The van der Waals surface area contributed by atoms with Crippen LogP contribution in [0.25, 0.3) is 0 Å². The van der Waals surface area contributed by atoms with Crippen LogP contribution in [0.3, 0.4) is 0 Å². The molecule has 4 N–H and O–H groups in total. The monoisotopic (exact) mass is 222 g/mol. The molecule has 0 bridgehead atoms. The van der Waals surface area contributed by atoms with Crippen molar-refractivity contribution in [3.05, 3.63) is 24.0 Å². The van der Waals surface area contributed by atoms with E-state index >= 15 is 0 Å². The van der Waals surface area contributed by atoms with E-state index in [-0.39, 0.29) is 5.82 Å². The number of benzene rings is 1. The van der Waals surface area contributed by atoms with Crippen molar-refractivity contribution < 1.29 is 4.39 Å². The Bertz CT molecular complexity index is 410. The summed E-state index contributed by atoms with van der Waals surface area (Å²) in [7, 11) is 0. The third-order valence-electron chi connectivity index (χ3n) is 2.65. The lowest BCUT2D eigenvalue weighted by molar-refractivity contribution is 0.513. The molecule has 1 aromatic carbocycles. The average Bonchev–Trinajstić information content (AvgIpc) is 2.75. The third kappa shape index (κ3) is 2.24. The number of nitrogens with zero attached hydrogens (tertiary/aromatic N) is 2. The summed E-state index contributed by atoms with van der Waals surface area (Å²) in [5.41, 5.74) is 12.3. The van der Waals surface area contributed by atoms with Crippen LogP contribution in [-0.2, 0) is 0 Å². The molecule has 0 radical (unpaired) electrons. The number of nitrogen functional groups attached to an aromatic ring is 1. The van der Waals surface area contributed by atoms with Crippen LogP contribution < -0.4 is 11.5 Å². The molecule has 1 aromatic rings. The first-order valence-corrected chi connectivity index (χ1v) is 5.31. The summed E-state index contributed by atoms with van der Waals surface area (Å²) >= 11 is 0. The Morgan fingerprint density at radius 2 is 2.00 bits per heavy atom. The average molecular weight is 222 g/mol. The number of halogens is 1. The minimum Gasteiger partial charge on any atom is -0.397 e. The minimum absolute atomic E-state index is 0.308. The lowest BCUT2D eigenvalue weighted by atomic mass is 10.3. The highest BCUT2D eigenvalue weighted by Gasteiger charge is 2.13. The Morgan fingerprint density at radius 1 is 1.31 bits per heavy atom. The van der Waals surface area contributed by atoms with Gasteiger partial charge in [-0.25, -0.2) is 9.38 Å². The molecule has 5 heteroatoms. The van der Waals surface area contributed by atoms with Gasteiger partial charge in [-0.1, -0.05) is 0 Å². The lowest BCUT2D eigenvalue weighted by Crippen LogP contribution is -2.34. The van der Waals surface area contributed by atoms with Crippen molar-refractivity contribution >= 4 is 17.3 Å². The molecule has 16 heavy (non-hydrogen) atoms. The summed E-state index contributed by atoms with van der Waals surface area (Å²) < 4.78 is 12.8. The molecule has 0 saturated carbocycles. The number of hydrogen-bond donors (Lipinski definition) is 2. The number of likely N-dealkylation sites (tertiary alicyclic amines) is 1. The molecular formula is C11H15FN4. The Kier molecular flexibility index (Phi) is 2.94. The van der Waals surface area contributed by atoms with Gasteiger partial charge in [0.2, 0.25) is 0 Å². The largest absolute Gasteiger partial charge is 0.397 e. The van der Waals surface area contributed by atoms with Crippen molar-refractivity contribution in [2.45, 2.75) is 12.8 Å². The SMILES string of the molecule is NC(=Nc1ccc(F)cc1N)N1CCCC1. The zero-order valence-corrected chi connectivity index (χ0v) is 8.99. The van der Waals surface area contributed by atoms with E-state index in [1.54, 1.807) is 0 Å². The fourth-order valence-corrected chi connectivity index (χ4v) is 1.77. The second-order valence-corrected chi connectivity index (χ2v) is 3.87. The standard InChI is InChI=1S/C11H15FN4/c12-8-3-4-10(9(13)7-8)15-11(14)16-5-1-2-6-16/h3-4,7H,1-2,5-6,13H2,(H2,14,15). The first-order valence-electron chi connectivity index (χ1n) is 5.31. The van der Waals surface area contributed by atoms with Crippen molar-refractivity contribution in [3.63, 3.8) is 0 Å². The molecular weight excluding hydrogens is 207 g/mol. The molecule has 0 spiro atoms. The third-order valence-corrected chi connectivity index (χ3v) is 2.65. The molecule has 1 heterocycles. The minimum atomic E-state index is -0.365. The van der Waals surface area contributed by atoms with Crippen LogP contribution in [0.5, 0.6) is 0 Å². The van der Waals surface area contributed by atoms with Crippen LogP contribution >= 0.6 is 0 Å². The molecule has 1 saturated heterocycles. The number of anilines is 1. The van der Waals surface area contributed by atoms with Gasteiger partial charge in [0.1, 0.15) is 5.82 Å². The number of guanidine groups is 1. The van der Waals surface area contributed by atoms with E-state index in [2.05, 4.69) is 4.99 Å². The van der Waals surface area contributed by atoms with Crippen molar-refractivity contribution in [3.8, 4) is 0 Å². The molecule has 1 fully saturated rings. The van der Waals surface area contributed by atoms with E-state index in [1.807, 2.05) is 4.90 Å². The van der Waals surface area contributed by atoms with Crippen molar-refractivity contribution in [2.24, 2.45) is 10.7 Å². The Hall–Kier alpha value is -1.78. The quantitative estimate of drug-likeness (QED) is 0.429. The van der Waals surface area contributed by atoms with E-state index in [9.17, 15) is 4.39 Å². The van der Waals surface area contributed by atoms with Crippen molar-refractivity contribution in [1.29, 1.82) is 0 Å². The highest BCUT2D eigenvalue weighted by atomic mass is 19.1. The van der Waals surface area contributed by atoms with Gasteiger partial charge in [0.25, 0.3) is 0 Å². The van der Waals surface area contributed by atoms with Crippen molar-refractivity contribution in [2.75, 3.05) is 18.8 Å². The zero-order valence-electron chi connectivity index (χ0n) is 8.99. The van der Waals surface area contributed by atoms with Gasteiger partial charge in [-0.05, 0) is 31.0 Å². The van der Waals surface area contributed by atoms with Gasteiger partial charge in [0.05, 0.1) is 11.4 Å². The summed E-state index contributed by atoms with van der Waals surface area (Å²) in [4.78, 5) is 6.21. The predicted molar refractivity (Wildman–Crippen MR) is 62.9 cm³/mol. The smallest absolute Gasteiger partial charge is 0.196 e. The maximum atomic E-state index is 12.8. The van der Waals surface area contributed by atoms with E-state index in [0.717, 1.165) is 25.9 Å². The molecule has 1 aliphatic heterocycles. The maximum Gasteiger partial charge on any atom is 0.196 e. The second kappa shape index (κ2) is 4.38. The normalized spacial score (nSPS) is 16.8. The molecule has 0 unspecified atom stereocenters. The first-order chi connectivity index (χ1) is 7.66. The summed E-state index contributed by atoms with van der Waals surface area (Å²) in [6.07, 6.45) is 2.27. The van der Waals surface area contributed by atoms with E-state index < -0.39 is 0 Å². The predicted octanol–water partition coefficient (Wildman–Crippen LogP) is 1.45. The van der Waals surface area contributed by atoms with Crippen LogP contribution in [0.15, 0.2) is 23.2 Å². The van der Waals surface area contributed by atoms with Gasteiger partial charge in [-0.3, -0.25) is 0 Å². The van der Waals surface area contributed by atoms with Crippen LogP contribution in [0.4, 0.5) is 15.8 Å². The Balaban J connectivity index is 2.20. The summed E-state index contributed by atoms with van der Waals surface area (Å²) in [5.74, 6) is 0.0898. The van der Waals surface area contributed by atoms with Crippen molar-refractivity contribution in [1.82, 2.24) is 4.90 Å². The first kappa shape index (κ1) is 10.7. The Labute approximate surface area is 93.8 Å². The number of rotatable bonds is 1. The van der Waals surface area contributed by atoms with Crippen LogP contribution in [0.1, 0.15) is 12.8 Å². The molecule has 0 amide bonds. The maximum absolute atomic E-state index is 12.8. The molecule has 2 rings (SSSR count). The molecule has 4 nitrogen and oxygen atoms in total. The van der Waals surface area contributed by atoms with Gasteiger partial charge in [0, 0.05) is 13.1 Å². The van der Waals surface area contributed by atoms with Crippen LogP contribution in [0.2, 0.25) is 0 Å². The van der Waals surface area contributed by atoms with Gasteiger partial charge in [-0.15, -0.1) is 0 Å². The second-order valence-electron chi connectivity index (χ2n) is 3.87. The van der Waals surface area contributed by atoms with Crippen LogP contribution in [0, 0.1) is 5.82 Å². The fourth-order valence-electron chi connectivity index (χ4n) is 1.77. The summed E-state index contributed by atoms with van der Waals surface area (Å²) in [6.45, 7) is 1.85. The molecule has 86 valence electrons. The molecule has 0 atom stereocenters. The van der Waals surface area contributed by atoms with Gasteiger partial charge in [-0.2, -0.15) is 0 Å². The van der Waals surface area contributed by atoms with Gasteiger partial charge >= 0.3 is 0 Å². The lowest BCUT2D eigenvalue weighted by Gasteiger charge is -2.15. The summed E-state index contributed by atoms with van der Waals surface area (Å²) in [5, 5.41) is 0. The molecule has 0 aliphatic carbocycles. The van der Waals surface area contributed by atoms with Gasteiger partial charge < -0.3 is 16.4 Å². The van der Waals surface area contributed by atoms with Crippen LogP contribution in [-0.4, -0.2) is 23.9 Å². The highest BCUT2D eigenvalue weighted by molar-refractivity contribution is 5.83. The number of nitrogens with two attached hydrogens (primary N) is 2. The Morgan fingerprint density at radius 3 is 2.62 bits per heavy atom. The van der Waals surface area contributed by atoms with E-state index in [0.29, 0.717) is 17.3 Å². The highest BCUT2D eigenvalue weighted by Crippen LogP contribution is 2.23. The molecule has 0 aromatic heterocycles. The zero-order chi connectivity index (χ0) is 11.5. The van der Waals surface area contributed by atoms with Gasteiger partial charge in [0.15, 0.2) is 5.96 Å².